The highest BCUT2D eigenvalue weighted by atomic mass is 16.5. The molecule has 1 heterocycles. The van der Waals surface area contributed by atoms with E-state index in [1.807, 2.05) is 12.1 Å². The molecule has 23 heavy (non-hydrogen) atoms. The Morgan fingerprint density at radius 3 is 2.52 bits per heavy atom. The molecule has 2 aromatic carbocycles. The number of ether oxygens (including phenoxy) is 1. The standard InChI is InChI=1S/C21H25NO/c1-22-16-8-7-10-18(22)15-14-17-9-3-4-11-19(17)20-12-5-6-13-21(20)23-2/h3-6,9,11-15,18H,7-8,10,16H2,1-2H3/b15-14+. The maximum atomic E-state index is 5.53. The van der Waals surface area contributed by atoms with Gasteiger partial charge < -0.3 is 4.74 Å². The molecule has 0 amide bonds. The second-order valence-electron chi connectivity index (χ2n) is 6.19. The van der Waals surface area contributed by atoms with Crippen LogP contribution >= 0.6 is 0 Å². The third-order valence-corrected chi connectivity index (χ3v) is 4.68. The first-order valence-corrected chi connectivity index (χ1v) is 8.40. The van der Waals surface area contributed by atoms with E-state index in [1.165, 1.54) is 36.9 Å². The van der Waals surface area contributed by atoms with Crippen molar-refractivity contribution >= 4 is 6.08 Å². The van der Waals surface area contributed by atoms with Crippen LogP contribution in [0.5, 0.6) is 5.75 Å². The molecule has 0 spiro atoms. The zero-order chi connectivity index (χ0) is 16.1. The van der Waals surface area contributed by atoms with Gasteiger partial charge in [0.25, 0.3) is 0 Å². The molecule has 120 valence electrons. The monoisotopic (exact) mass is 307 g/mol. The van der Waals surface area contributed by atoms with E-state index in [2.05, 4.69) is 60.5 Å². The highest BCUT2D eigenvalue weighted by Gasteiger charge is 2.16. The molecule has 0 radical (unpaired) electrons. The lowest BCUT2D eigenvalue weighted by Gasteiger charge is -2.30. The van der Waals surface area contributed by atoms with Gasteiger partial charge >= 0.3 is 0 Å². The highest BCUT2D eigenvalue weighted by Crippen LogP contribution is 2.32. The maximum absolute atomic E-state index is 5.53. The van der Waals surface area contributed by atoms with E-state index in [1.54, 1.807) is 7.11 Å². The second kappa shape index (κ2) is 7.47. The van der Waals surface area contributed by atoms with Gasteiger partial charge in [-0.3, -0.25) is 4.90 Å². The smallest absolute Gasteiger partial charge is 0.126 e. The molecule has 1 saturated heterocycles. The second-order valence-corrected chi connectivity index (χ2v) is 6.19. The van der Waals surface area contributed by atoms with Gasteiger partial charge in [-0.15, -0.1) is 0 Å². The first-order chi connectivity index (χ1) is 11.3. The van der Waals surface area contributed by atoms with Crippen LogP contribution in [0.15, 0.2) is 54.6 Å². The Morgan fingerprint density at radius 1 is 1.00 bits per heavy atom. The summed E-state index contributed by atoms with van der Waals surface area (Å²) in [5, 5.41) is 0. The van der Waals surface area contributed by atoms with Crippen LogP contribution in [0.4, 0.5) is 0 Å². The van der Waals surface area contributed by atoms with Crippen molar-refractivity contribution in [3.8, 4) is 16.9 Å². The number of hydrogen-bond acceptors (Lipinski definition) is 2. The average molecular weight is 307 g/mol. The molecule has 2 heteroatoms. The van der Waals surface area contributed by atoms with Crippen molar-refractivity contribution in [2.24, 2.45) is 0 Å². The molecule has 1 aliphatic heterocycles. The number of likely N-dealkylation sites (tertiary alicyclic amines) is 1. The third kappa shape index (κ3) is 3.65. The number of para-hydroxylation sites is 1. The Labute approximate surface area is 139 Å². The summed E-state index contributed by atoms with van der Waals surface area (Å²) in [4.78, 5) is 2.45. The molecular weight excluding hydrogens is 282 g/mol. The van der Waals surface area contributed by atoms with Gasteiger partial charge in [-0.05, 0) is 43.6 Å². The quantitative estimate of drug-likeness (QED) is 0.800. The number of piperidine rings is 1. The van der Waals surface area contributed by atoms with Gasteiger partial charge in [-0.25, -0.2) is 0 Å². The topological polar surface area (TPSA) is 12.5 Å². The minimum atomic E-state index is 0.550. The summed E-state index contributed by atoms with van der Waals surface area (Å²) in [6, 6.07) is 17.3. The predicted octanol–water partition coefficient (Wildman–Crippen LogP) is 4.86. The van der Waals surface area contributed by atoms with Crippen molar-refractivity contribution < 1.29 is 4.74 Å². The Balaban J connectivity index is 1.92. The molecule has 1 fully saturated rings. The molecule has 1 unspecified atom stereocenters. The SMILES string of the molecule is COc1ccccc1-c1ccccc1/C=C/C1CCCCN1C. The van der Waals surface area contributed by atoms with Crippen LogP contribution in [0.3, 0.4) is 0 Å². The Kier molecular flexibility index (Phi) is 5.14. The minimum Gasteiger partial charge on any atom is -0.496 e. The van der Waals surface area contributed by atoms with Crippen molar-refractivity contribution in [3.63, 3.8) is 0 Å². The number of nitrogens with zero attached hydrogens (tertiary/aromatic N) is 1. The molecule has 1 atom stereocenters. The largest absolute Gasteiger partial charge is 0.496 e. The zero-order valence-corrected chi connectivity index (χ0v) is 14.0. The van der Waals surface area contributed by atoms with Gasteiger partial charge in [-0.1, -0.05) is 61.0 Å². The lowest BCUT2D eigenvalue weighted by atomic mass is 9.96. The number of likely N-dealkylation sites (N-methyl/N-ethyl adjacent to an activating group) is 1. The van der Waals surface area contributed by atoms with Gasteiger partial charge in [-0.2, -0.15) is 0 Å². The van der Waals surface area contributed by atoms with Gasteiger partial charge in [0.2, 0.25) is 0 Å². The van der Waals surface area contributed by atoms with E-state index >= 15 is 0 Å². The normalized spacial score (nSPS) is 19.1. The van der Waals surface area contributed by atoms with E-state index in [-0.39, 0.29) is 0 Å². The molecule has 2 aromatic rings. The van der Waals surface area contributed by atoms with Crippen LogP contribution in [-0.4, -0.2) is 31.6 Å². The zero-order valence-electron chi connectivity index (χ0n) is 14.0. The van der Waals surface area contributed by atoms with Crippen LogP contribution in [-0.2, 0) is 0 Å². The Hall–Kier alpha value is -2.06. The number of benzene rings is 2. The van der Waals surface area contributed by atoms with E-state index in [0.717, 1.165) is 11.3 Å². The van der Waals surface area contributed by atoms with E-state index in [9.17, 15) is 0 Å². The number of rotatable bonds is 4. The van der Waals surface area contributed by atoms with Crippen LogP contribution in [0.2, 0.25) is 0 Å². The average Bonchev–Trinajstić information content (AvgIpc) is 2.61. The summed E-state index contributed by atoms with van der Waals surface area (Å²) in [5.41, 5.74) is 3.61. The first kappa shape index (κ1) is 15.8. The Morgan fingerprint density at radius 2 is 1.74 bits per heavy atom. The Bertz CT molecular complexity index is 677. The van der Waals surface area contributed by atoms with Gasteiger partial charge in [0, 0.05) is 11.6 Å². The van der Waals surface area contributed by atoms with Crippen LogP contribution in [0.25, 0.3) is 17.2 Å². The molecule has 0 aliphatic carbocycles. The minimum absolute atomic E-state index is 0.550. The molecule has 0 bridgehead atoms. The fraction of sp³-hybridized carbons (Fsp3) is 0.333. The number of hydrogen-bond donors (Lipinski definition) is 0. The van der Waals surface area contributed by atoms with Crippen LogP contribution in [0, 0.1) is 0 Å². The molecular formula is C21H25NO. The molecule has 3 rings (SSSR count). The molecule has 0 saturated carbocycles. The van der Waals surface area contributed by atoms with Gasteiger partial charge in [0.15, 0.2) is 0 Å². The fourth-order valence-corrected chi connectivity index (χ4v) is 3.31. The fourth-order valence-electron chi connectivity index (χ4n) is 3.31. The summed E-state index contributed by atoms with van der Waals surface area (Å²) in [6.07, 6.45) is 8.53. The summed E-state index contributed by atoms with van der Waals surface area (Å²) >= 11 is 0. The van der Waals surface area contributed by atoms with Crippen molar-refractivity contribution in [2.45, 2.75) is 25.3 Å². The highest BCUT2D eigenvalue weighted by molar-refractivity contribution is 5.79. The van der Waals surface area contributed by atoms with Crippen molar-refractivity contribution in [1.82, 2.24) is 4.90 Å². The summed E-state index contributed by atoms with van der Waals surface area (Å²) in [6.45, 7) is 1.20. The lowest BCUT2D eigenvalue weighted by molar-refractivity contribution is 0.222. The van der Waals surface area contributed by atoms with Crippen LogP contribution in [0.1, 0.15) is 24.8 Å². The summed E-state index contributed by atoms with van der Waals surface area (Å²) < 4.78 is 5.53. The van der Waals surface area contributed by atoms with E-state index in [0.29, 0.717) is 6.04 Å². The van der Waals surface area contributed by atoms with E-state index < -0.39 is 0 Å². The van der Waals surface area contributed by atoms with Gasteiger partial charge in [0.05, 0.1) is 7.11 Å². The third-order valence-electron chi connectivity index (χ3n) is 4.68. The van der Waals surface area contributed by atoms with Gasteiger partial charge in [0.1, 0.15) is 5.75 Å². The van der Waals surface area contributed by atoms with Crippen molar-refractivity contribution in [2.75, 3.05) is 20.7 Å². The first-order valence-electron chi connectivity index (χ1n) is 8.40. The summed E-state index contributed by atoms with van der Waals surface area (Å²) in [5.74, 6) is 0.920. The molecule has 1 aliphatic rings. The van der Waals surface area contributed by atoms with E-state index in [4.69, 9.17) is 4.74 Å². The van der Waals surface area contributed by atoms with Crippen LogP contribution < -0.4 is 4.74 Å². The molecule has 0 N–H and O–H groups in total. The molecule has 2 nitrogen and oxygen atoms in total. The summed E-state index contributed by atoms with van der Waals surface area (Å²) in [7, 11) is 3.95. The predicted molar refractivity (Wildman–Crippen MR) is 97.7 cm³/mol. The van der Waals surface area contributed by atoms with Crippen molar-refractivity contribution in [1.29, 1.82) is 0 Å². The lowest BCUT2D eigenvalue weighted by Crippen LogP contribution is -2.34. The van der Waals surface area contributed by atoms with Crippen molar-refractivity contribution in [3.05, 3.63) is 60.2 Å². The molecule has 0 aromatic heterocycles. The number of methoxy groups -OCH3 is 1. The maximum Gasteiger partial charge on any atom is 0.126 e.